The lowest BCUT2D eigenvalue weighted by Gasteiger charge is -2.06. The first kappa shape index (κ1) is 11.0. The number of aliphatic hydroxyl groups is 1. The van der Waals surface area contributed by atoms with Crippen LogP contribution < -0.4 is 0 Å². The summed E-state index contributed by atoms with van der Waals surface area (Å²) in [6.45, 7) is 1.67. The van der Waals surface area contributed by atoms with E-state index in [0.717, 1.165) is 5.56 Å². The van der Waals surface area contributed by atoms with Gasteiger partial charge >= 0.3 is 0 Å². The molecule has 0 heterocycles. The van der Waals surface area contributed by atoms with Crippen molar-refractivity contribution in [3.8, 4) is 0 Å². The smallest absolute Gasteiger partial charge is 0.155 e. The standard InChI is InChI=1S/C9H9BrClFO/c1-5(13)2-6-3-7(10)9(12)8(11)4-6/h3-5,13H,2H2,1H3. The lowest BCUT2D eigenvalue weighted by Crippen LogP contribution is -2.04. The molecular weight excluding hydrogens is 258 g/mol. The van der Waals surface area contributed by atoms with Crippen molar-refractivity contribution in [1.29, 1.82) is 0 Å². The number of hydrogen-bond acceptors (Lipinski definition) is 1. The summed E-state index contributed by atoms with van der Waals surface area (Å²) in [6.07, 6.45) is 0.0203. The molecule has 13 heavy (non-hydrogen) atoms. The lowest BCUT2D eigenvalue weighted by atomic mass is 10.1. The molecule has 4 heteroatoms. The molecule has 0 aliphatic rings. The fourth-order valence-electron chi connectivity index (χ4n) is 1.07. The van der Waals surface area contributed by atoms with Crippen LogP contribution in [0.4, 0.5) is 4.39 Å². The molecule has 1 aromatic rings. The van der Waals surface area contributed by atoms with Gasteiger partial charge in [0, 0.05) is 0 Å². The number of aliphatic hydroxyl groups excluding tert-OH is 1. The predicted octanol–water partition coefficient (Wildman–Crippen LogP) is 3.16. The van der Waals surface area contributed by atoms with Gasteiger partial charge in [0.2, 0.25) is 0 Å². The Morgan fingerprint density at radius 2 is 2.23 bits per heavy atom. The van der Waals surface area contributed by atoms with E-state index in [1.54, 1.807) is 13.0 Å². The summed E-state index contributed by atoms with van der Waals surface area (Å²) in [5.41, 5.74) is 0.813. The maximum absolute atomic E-state index is 13.0. The Morgan fingerprint density at radius 1 is 1.62 bits per heavy atom. The molecule has 1 unspecified atom stereocenters. The molecule has 0 fully saturated rings. The summed E-state index contributed by atoms with van der Waals surface area (Å²) in [5.74, 6) is -0.462. The molecule has 1 N–H and O–H groups in total. The Bertz CT molecular complexity index is 291. The molecule has 0 aliphatic heterocycles. The summed E-state index contributed by atoms with van der Waals surface area (Å²) < 4.78 is 13.3. The highest BCUT2D eigenvalue weighted by molar-refractivity contribution is 9.10. The van der Waals surface area contributed by atoms with Crippen LogP contribution in [0.2, 0.25) is 5.02 Å². The molecule has 1 rings (SSSR count). The van der Waals surface area contributed by atoms with E-state index < -0.39 is 11.9 Å². The van der Waals surface area contributed by atoms with E-state index in [9.17, 15) is 4.39 Å². The average molecular weight is 268 g/mol. The van der Waals surface area contributed by atoms with Crippen LogP contribution in [0, 0.1) is 5.82 Å². The van der Waals surface area contributed by atoms with Crippen LogP contribution in [0.1, 0.15) is 12.5 Å². The molecule has 0 radical (unpaired) electrons. The van der Waals surface area contributed by atoms with Gasteiger partial charge in [0.1, 0.15) is 0 Å². The van der Waals surface area contributed by atoms with Crippen molar-refractivity contribution in [3.05, 3.63) is 33.0 Å². The van der Waals surface area contributed by atoms with E-state index in [0.29, 0.717) is 10.9 Å². The first-order valence-corrected chi connectivity index (χ1v) is 4.99. The van der Waals surface area contributed by atoms with Crippen LogP contribution in [0.15, 0.2) is 16.6 Å². The third-order valence-corrected chi connectivity index (χ3v) is 2.43. The van der Waals surface area contributed by atoms with Gasteiger partial charge in [-0.05, 0) is 47.0 Å². The number of hydrogen-bond donors (Lipinski definition) is 1. The third-order valence-electron chi connectivity index (χ3n) is 1.57. The second-order valence-corrected chi connectivity index (χ2v) is 4.19. The van der Waals surface area contributed by atoms with E-state index in [2.05, 4.69) is 15.9 Å². The van der Waals surface area contributed by atoms with Gasteiger partial charge in [-0.1, -0.05) is 11.6 Å². The monoisotopic (exact) mass is 266 g/mol. The van der Waals surface area contributed by atoms with E-state index in [4.69, 9.17) is 16.7 Å². The lowest BCUT2D eigenvalue weighted by molar-refractivity contribution is 0.195. The van der Waals surface area contributed by atoms with E-state index >= 15 is 0 Å². The Kier molecular flexibility index (Phi) is 3.71. The van der Waals surface area contributed by atoms with Gasteiger partial charge in [0.15, 0.2) is 5.82 Å². The third kappa shape index (κ3) is 2.93. The van der Waals surface area contributed by atoms with Crippen LogP contribution >= 0.6 is 27.5 Å². The molecule has 0 spiro atoms. The molecule has 0 aliphatic carbocycles. The molecule has 72 valence electrons. The van der Waals surface area contributed by atoms with Crippen molar-refractivity contribution in [2.75, 3.05) is 0 Å². The Hall–Kier alpha value is -0.120. The molecule has 1 nitrogen and oxygen atoms in total. The fraction of sp³-hybridized carbons (Fsp3) is 0.333. The van der Waals surface area contributed by atoms with Gasteiger partial charge in [-0.2, -0.15) is 0 Å². The first-order chi connectivity index (χ1) is 6.00. The summed E-state index contributed by atoms with van der Waals surface area (Å²) in [7, 11) is 0. The Labute approximate surface area is 89.7 Å². The Balaban J connectivity index is 2.99. The highest BCUT2D eigenvalue weighted by Crippen LogP contribution is 2.25. The number of rotatable bonds is 2. The topological polar surface area (TPSA) is 20.2 Å². The minimum absolute atomic E-state index is 0.0741. The maximum atomic E-state index is 13.0. The summed E-state index contributed by atoms with van der Waals surface area (Å²) >= 11 is 8.66. The minimum atomic E-state index is -0.462. The molecule has 0 saturated heterocycles. The molecule has 0 aromatic heterocycles. The van der Waals surface area contributed by atoms with Crippen molar-refractivity contribution < 1.29 is 9.50 Å². The van der Waals surface area contributed by atoms with Gasteiger partial charge in [-0.25, -0.2) is 4.39 Å². The zero-order chi connectivity index (χ0) is 10.0. The van der Waals surface area contributed by atoms with Crippen LogP contribution in [0.5, 0.6) is 0 Å². The number of halogens is 3. The highest BCUT2D eigenvalue weighted by Gasteiger charge is 2.08. The van der Waals surface area contributed by atoms with Gasteiger partial charge in [0.05, 0.1) is 15.6 Å². The summed E-state index contributed by atoms with van der Waals surface area (Å²) in [6, 6.07) is 3.14. The molecule has 0 amide bonds. The molecule has 1 atom stereocenters. The van der Waals surface area contributed by atoms with Crippen LogP contribution in [-0.2, 0) is 6.42 Å². The van der Waals surface area contributed by atoms with Crippen LogP contribution in [-0.4, -0.2) is 11.2 Å². The van der Waals surface area contributed by atoms with E-state index in [1.807, 2.05) is 0 Å². The molecule has 0 bridgehead atoms. The van der Waals surface area contributed by atoms with Crippen LogP contribution in [0.25, 0.3) is 0 Å². The van der Waals surface area contributed by atoms with Gasteiger partial charge in [-0.15, -0.1) is 0 Å². The minimum Gasteiger partial charge on any atom is -0.393 e. The van der Waals surface area contributed by atoms with Crippen molar-refractivity contribution in [3.63, 3.8) is 0 Å². The summed E-state index contributed by atoms with van der Waals surface area (Å²) in [5, 5.41) is 9.18. The zero-order valence-electron chi connectivity index (χ0n) is 7.02. The van der Waals surface area contributed by atoms with Crippen molar-refractivity contribution in [2.45, 2.75) is 19.4 Å². The second-order valence-electron chi connectivity index (χ2n) is 2.93. The van der Waals surface area contributed by atoms with Gasteiger partial charge < -0.3 is 5.11 Å². The second kappa shape index (κ2) is 4.40. The maximum Gasteiger partial charge on any atom is 0.155 e. The highest BCUT2D eigenvalue weighted by atomic mass is 79.9. The van der Waals surface area contributed by atoms with Gasteiger partial charge in [0.25, 0.3) is 0 Å². The van der Waals surface area contributed by atoms with E-state index in [1.165, 1.54) is 6.07 Å². The SMILES string of the molecule is CC(O)Cc1cc(Cl)c(F)c(Br)c1. The van der Waals surface area contributed by atoms with Crippen molar-refractivity contribution in [1.82, 2.24) is 0 Å². The summed E-state index contributed by atoms with van der Waals surface area (Å²) in [4.78, 5) is 0. The van der Waals surface area contributed by atoms with Crippen molar-refractivity contribution in [2.24, 2.45) is 0 Å². The molecule has 1 aromatic carbocycles. The van der Waals surface area contributed by atoms with Gasteiger partial charge in [-0.3, -0.25) is 0 Å². The largest absolute Gasteiger partial charge is 0.393 e. The number of benzene rings is 1. The average Bonchev–Trinajstić information content (AvgIpc) is 1.98. The zero-order valence-corrected chi connectivity index (χ0v) is 9.36. The normalized spacial score (nSPS) is 13.0. The predicted molar refractivity (Wildman–Crippen MR) is 54.5 cm³/mol. The quantitative estimate of drug-likeness (QED) is 0.816. The molecule has 0 saturated carbocycles. The first-order valence-electron chi connectivity index (χ1n) is 3.82. The van der Waals surface area contributed by atoms with Crippen molar-refractivity contribution >= 4 is 27.5 Å². The van der Waals surface area contributed by atoms with E-state index in [-0.39, 0.29) is 5.02 Å². The fourth-order valence-corrected chi connectivity index (χ4v) is 1.93. The Morgan fingerprint density at radius 3 is 2.69 bits per heavy atom. The van der Waals surface area contributed by atoms with Crippen LogP contribution in [0.3, 0.4) is 0 Å². The molecular formula is C9H9BrClFO.